The van der Waals surface area contributed by atoms with E-state index >= 15 is 0 Å². The quantitative estimate of drug-likeness (QED) is 0.254. The van der Waals surface area contributed by atoms with Crippen LogP contribution in [0.2, 0.25) is 0 Å². The van der Waals surface area contributed by atoms with Gasteiger partial charge in [0, 0.05) is 12.1 Å². The molecule has 0 aliphatic rings. The molecule has 1 aromatic rings. The summed E-state index contributed by atoms with van der Waals surface area (Å²) >= 11 is 0. The molecule has 6 heteroatoms. The monoisotopic (exact) mass is 215 g/mol. The minimum Gasteiger partial charge on any atom is -0.475 e. The van der Waals surface area contributed by atoms with Crippen LogP contribution in [0, 0.1) is 28.0 Å². The maximum Gasteiger partial charge on any atom is 0.296 e. The summed E-state index contributed by atoms with van der Waals surface area (Å²) in [4.78, 5) is 12.7. The van der Waals surface area contributed by atoms with E-state index in [1.807, 2.05) is 0 Å². The number of rotatable bonds is 3. The van der Waals surface area contributed by atoms with E-state index in [9.17, 15) is 10.1 Å². The molecular formula is C10H5N3O3. The molecule has 0 fully saturated rings. The van der Waals surface area contributed by atoms with Crippen molar-refractivity contribution in [3.05, 3.63) is 57.8 Å². The number of nitriles is 1. The van der Waals surface area contributed by atoms with Gasteiger partial charge in [-0.2, -0.15) is 0 Å². The summed E-state index contributed by atoms with van der Waals surface area (Å²) in [5, 5.41) is 18.8. The van der Waals surface area contributed by atoms with Crippen molar-refractivity contribution < 1.29 is 9.66 Å². The zero-order valence-electron chi connectivity index (χ0n) is 7.95. The smallest absolute Gasteiger partial charge is 0.296 e. The van der Waals surface area contributed by atoms with E-state index in [4.69, 9.17) is 16.6 Å². The van der Waals surface area contributed by atoms with Gasteiger partial charge in [-0.05, 0) is 12.1 Å². The first-order chi connectivity index (χ1) is 7.67. The summed E-state index contributed by atoms with van der Waals surface area (Å²) in [6, 6.07) is 6.93. The average Bonchev–Trinajstić information content (AvgIpc) is 2.31. The third-order valence-electron chi connectivity index (χ3n) is 1.59. The predicted octanol–water partition coefficient (Wildman–Crippen LogP) is 2.26. The van der Waals surface area contributed by atoms with Crippen LogP contribution in [-0.2, 0) is 0 Å². The number of nitrogens with zero attached hydrogens (tertiary/aromatic N) is 3. The Bertz CT molecular complexity index is 490. The maximum absolute atomic E-state index is 10.3. The zero-order valence-corrected chi connectivity index (χ0v) is 7.95. The van der Waals surface area contributed by atoms with Crippen molar-refractivity contribution in [3.8, 4) is 11.8 Å². The van der Waals surface area contributed by atoms with E-state index in [1.165, 1.54) is 24.3 Å². The molecule has 0 bridgehead atoms. The largest absolute Gasteiger partial charge is 0.475 e. The first-order valence-corrected chi connectivity index (χ1v) is 4.06. The van der Waals surface area contributed by atoms with Crippen LogP contribution in [0.4, 0.5) is 5.69 Å². The van der Waals surface area contributed by atoms with Gasteiger partial charge in [0.2, 0.25) is 0 Å². The number of ether oxygens (including phenoxy) is 1. The van der Waals surface area contributed by atoms with Crippen molar-refractivity contribution in [2.45, 2.75) is 0 Å². The highest BCUT2D eigenvalue weighted by Crippen LogP contribution is 2.17. The number of nitro groups is 1. The lowest BCUT2D eigenvalue weighted by Gasteiger charge is -1.98. The lowest BCUT2D eigenvalue weighted by molar-refractivity contribution is -0.384. The second kappa shape index (κ2) is 5.13. The first-order valence-electron chi connectivity index (χ1n) is 4.06. The summed E-state index contributed by atoms with van der Waals surface area (Å²) in [7, 11) is 0. The highest BCUT2D eigenvalue weighted by Gasteiger charge is 2.03. The van der Waals surface area contributed by atoms with Gasteiger partial charge in [-0.3, -0.25) is 10.1 Å². The number of non-ortho nitro benzene ring substituents is 1. The fourth-order valence-electron chi connectivity index (χ4n) is 0.848. The highest BCUT2D eigenvalue weighted by atomic mass is 16.6. The molecule has 0 N–H and O–H groups in total. The Morgan fingerprint density at radius 3 is 2.62 bits per heavy atom. The third kappa shape index (κ3) is 2.82. The van der Waals surface area contributed by atoms with Gasteiger partial charge >= 0.3 is 0 Å². The van der Waals surface area contributed by atoms with E-state index in [-0.39, 0.29) is 11.4 Å². The number of allylic oxidation sites excluding steroid dienone is 1. The molecule has 16 heavy (non-hydrogen) atoms. The predicted molar refractivity (Wildman–Crippen MR) is 54.0 cm³/mol. The van der Waals surface area contributed by atoms with Crippen LogP contribution in [0.5, 0.6) is 5.75 Å². The molecule has 0 aliphatic carbocycles. The molecular weight excluding hydrogens is 210 g/mol. The summed E-state index contributed by atoms with van der Waals surface area (Å²) < 4.78 is 4.96. The van der Waals surface area contributed by atoms with Crippen molar-refractivity contribution in [2.75, 3.05) is 0 Å². The maximum atomic E-state index is 10.3. The Morgan fingerprint density at radius 2 is 2.19 bits per heavy atom. The van der Waals surface area contributed by atoms with Gasteiger partial charge < -0.3 is 4.74 Å². The van der Waals surface area contributed by atoms with Crippen molar-refractivity contribution in [3.63, 3.8) is 0 Å². The minimum absolute atomic E-state index is 0.0537. The Morgan fingerprint density at radius 1 is 1.56 bits per heavy atom. The SMILES string of the molecule is [C-]#[N+]C(C#N)=COc1ccc([N+](=O)[O-])cc1. The van der Waals surface area contributed by atoms with Gasteiger partial charge in [-0.15, -0.1) is 0 Å². The highest BCUT2D eigenvalue weighted by molar-refractivity contribution is 5.37. The molecule has 0 amide bonds. The molecule has 78 valence electrons. The second-order valence-electron chi connectivity index (χ2n) is 2.60. The van der Waals surface area contributed by atoms with Crippen LogP contribution < -0.4 is 4.74 Å². The van der Waals surface area contributed by atoms with E-state index in [0.717, 1.165) is 6.26 Å². The van der Waals surface area contributed by atoms with E-state index in [0.29, 0.717) is 5.75 Å². The molecule has 1 rings (SSSR count). The summed E-state index contributed by atoms with van der Waals surface area (Å²) in [5.74, 6) is 0.321. The molecule has 0 unspecified atom stereocenters. The van der Waals surface area contributed by atoms with Crippen molar-refractivity contribution in [1.82, 2.24) is 0 Å². The third-order valence-corrected chi connectivity index (χ3v) is 1.59. The van der Waals surface area contributed by atoms with Gasteiger partial charge in [0.25, 0.3) is 11.4 Å². The number of benzene rings is 1. The topological polar surface area (TPSA) is 80.5 Å². The zero-order chi connectivity index (χ0) is 12.0. The van der Waals surface area contributed by atoms with Crippen LogP contribution >= 0.6 is 0 Å². The van der Waals surface area contributed by atoms with Gasteiger partial charge in [0.15, 0.2) is 0 Å². The Balaban J connectivity index is 2.78. The summed E-state index contributed by atoms with van der Waals surface area (Å²) in [6.45, 7) is 6.58. The molecule has 0 saturated carbocycles. The van der Waals surface area contributed by atoms with E-state index < -0.39 is 4.92 Å². The van der Waals surface area contributed by atoms with Gasteiger partial charge in [-0.25, -0.2) is 10.1 Å². The normalized spacial score (nSPS) is 10.0. The second-order valence-corrected chi connectivity index (χ2v) is 2.60. The number of hydrogen-bond donors (Lipinski definition) is 0. The van der Waals surface area contributed by atoms with Crippen LogP contribution in [0.3, 0.4) is 0 Å². The molecule has 0 heterocycles. The molecule has 0 aromatic heterocycles. The van der Waals surface area contributed by atoms with Crippen LogP contribution in [0.25, 0.3) is 4.85 Å². The lowest BCUT2D eigenvalue weighted by atomic mass is 10.3. The Kier molecular flexibility index (Phi) is 3.59. The van der Waals surface area contributed by atoms with Gasteiger partial charge in [0.1, 0.15) is 12.0 Å². The number of nitro benzene ring substituents is 1. The van der Waals surface area contributed by atoms with Crippen LogP contribution in [-0.4, -0.2) is 4.92 Å². The van der Waals surface area contributed by atoms with Gasteiger partial charge in [-0.1, -0.05) is 0 Å². The Labute approximate surface area is 91.0 Å². The summed E-state index contributed by atoms with van der Waals surface area (Å²) in [5.41, 5.74) is -0.250. The average molecular weight is 215 g/mol. The lowest BCUT2D eigenvalue weighted by Crippen LogP contribution is -1.88. The summed E-state index contributed by atoms with van der Waals surface area (Å²) in [6.07, 6.45) is 0.994. The van der Waals surface area contributed by atoms with Gasteiger partial charge in [0.05, 0.1) is 17.6 Å². The molecule has 0 radical (unpaired) electrons. The van der Waals surface area contributed by atoms with Crippen molar-refractivity contribution in [1.29, 1.82) is 5.26 Å². The first kappa shape index (κ1) is 11.2. The molecule has 0 saturated heterocycles. The van der Waals surface area contributed by atoms with Crippen molar-refractivity contribution >= 4 is 5.69 Å². The van der Waals surface area contributed by atoms with E-state index in [2.05, 4.69) is 4.85 Å². The van der Waals surface area contributed by atoms with Crippen LogP contribution in [0.15, 0.2) is 36.2 Å². The molecule has 6 nitrogen and oxygen atoms in total. The molecule has 0 aliphatic heterocycles. The fraction of sp³-hybridized carbons (Fsp3) is 0. The standard InChI is InChI=1S/C10H5N3O3/c1-12-8(6-11)7-16-10-4-2-9(3-5-10)13(14)15/h2-5,7H. The molecule has 1 aromatic carbocycles. The van der Waals surface area contributed by atoms with E-state index in [1.54, 1.807) is 6.07 Å². The fourth-order valence-corrected chi connectivity index (χ4v) is 0.848. The minimum atomic E-state index is -0.528. The number of hydrogen-bond acceptors (Lipinski definition) is 4. The van der Waals surface area contributed by atoms with Crippen molar-refractivity contribution in [2.24, 2.45) is 0 Å². The van der Waals surface area contributed by atoms with Crippen LogP contribution in [0.1, 0.15) is 0 Å². The molecule has 0 atom stereocenters. The Hall–Kier alpha value is -2.86. The molecule has 0 spiro atoms.